The van der Waals surface area contributed by atoms with Gasteiger partial charge in [0.1, 0.15) is 0 Å². The third-order valence-electron chi connectivity index (χ3n) is 3.17. The van der Waals surface area contributed by atoms with Gasteiger partial charge in [-0.2, -0.15) is 0 Å². The van der Waals surface area contributed by atoms with E-state index in [1.54, 1.807) is 24.3 Å². The van der Waals surface area contributed by atoms with Crippen molar-refractivity contribution in [1.29, 1.82) is 0 Å². The Kier molecular flexibility index (Phi) is 8.32. The van der Waals surface area contributed by atoms with E-state index in [2.05, 4.69) is 26.6 Å². The molecule has 0 heterocycles. The summed E-state index contributed by atoms with van der Waals surface area (Å²) in [6.07, 6.45) is 0.162. The predicted octanol–water partition coefficient (Wildman–Crippen LogP) is 1.55. The van der Waals surface area contributed by atoms with Crippen LogP contribution >= 0.6 is 15.9 Å². The number of carbonyl (C=O) groups is 3. The van der Waals surface area contributed by atoms with E-state index < -0.39 is 0 Å². The quantitative estimate of drug-likeness (QED) is 0.714. The number of carbonyl (C=O) groups excluding carboxylic acids is 3. The normalized spacial score (nSPS) is 10.0. The first kappa shape index (κ1) is 19.2. The van der Waals surface area contributed by atoms with Crippen LogP contribution in [0.25, 0.3) is 0 Å². The zero-order valence-corrected chi connectivity index (χ0v) is 15.0. The molecular formula is C16H22BrN3O3. The fraction of sp³-hybridized carbons (Fsp3) is 0.438. The van der Waals surface area contributed by atoms with Crippen molar-refractivity contribution in [1.82, 2.24) is 15.5 Å². The van der Waals surface area contributed by atoms with Gasteiger partial charge in [-0.25, -0.2) is 0 Å². The van der Waals surface area contributed by atoms with E-state index in [-0.39, 0.29) is 37.2 Å². The summed E-state index contributed by atoms with van der Waals surface area (Å²) in [6.45, 7) is 4.92. The van der Waals surface area contributed by atoms with Gasteiger partial charge < -0.3 is 15.5 Å². The molecule has 6 nitrogen and oxygen atoms in total. The number of amides is 3. The maximum atomic E-state index is 12.1. The number of rotatable bonds is 8. The van der Waals surface area contributed by atoms with Gasteiger partial charge in [-0.15, -0.1) is 0 Å². The lowest BCUT2D eigenvalue weighted by Crippen LogP contribution is -2.41. The number of benzene rings is 1. The van der Waals surface area contributed by atoms with E-state index in [0.717, 1.165) is 4.47 Å². The van der Waals surface area contributed by atoms with E-state index in [9.17, 15) is 14.4 Å². The summed E-state index contributed by atoms with van der Waals surface area (Å²) < 4.78 is 0.896. The van der Waals surface area contributed by atoms with E-state index in [1.807, 2.05) is 13.8 Å². The lowest BCUT2D eigenvalue weighted by molar-refractivity contribution is -0.135. The molecule has 3 amide bonds. The third-order valence-corrected chi connectivity index (χ3v) is 3.70. The van der Waals surface area contributed by atoms with E-state index in [1.165, 1.54) is 4.90 Å². The summed E-state index contributed by atoms with van der Waals surface area (Å²) in [4.78, 5) is 37.0. The maximum absolute atomic E-state index is 12.1. The molecule has 0 saturated carbocycles. The Balaban J connectivity index is 2.40. The molecule has 0 radical (unpaired) electrons. The predicted molar refractivity (Wildman–Crippen MR) is 92.0 cm³/mol. The van der Waals surface area contributed by atoms with E-state index >= 15 is 0 Å². The fourth-order valence-corrected chi connectivity index (χ4v) is 2.21. The maximum Gasteiger partial charge on any atom is 0.251 e. The van der Waals surface area contributed by atoms with Gasteiger partial charge in [-0.3, -0.25) is 14.4 Å². The first-order chi connectivity index (χ1) is 11.0. The minimum Gasteiger partial charge on any atom is -0.355 e. The second-order valence-electron chi connectivity index (χ2n) is 4.87. The molecule has 7 heteroatoms. The smallest absolute Gasteiger partial charge is 0.251 e. The molecule has 0 aliphatic rings. The first-order valence-electron chi connectivity index (χ1n) is 7.56. The Morgan fingerprint density at radius 3 is 2.30 bits per heavy atom. The van der Waals surface area contributed by atoms with Gasteiger partial charge >= 0.3 is 0 Å². The second kappa shape index (κ2) is 9.99. The molecule has 126 valence electrons. The average Bonchev–Trinajstić information content (AvgIpc) is 2.53. The van der Waals surface area contributed by atoms with Gasteiger partial charge in [0.15, 0.2) is 0 Å². The van der Waals surface area contributed by atoms with Crippen LogP contribution in [-0.4, -0.2) is 48.8 Å². The molecule has 0 bridgehead atoms. The highest BCUT2D eigenvalue weighted by Gasteiger charge is 2.15. The molecule has 0 fully saturated rings. The topological polar surface area (TPSA) is 78.5 Å². The highest BCUT2D eigenvalue weighted by molar-refractivity contribution is 9.10. The van der Waals surface area contributed by atoms with Crippen molar-refractivity contribution in [3.8, 4) is 0 Å². The number of nitrogens with zero attached hydrogens (tertiary/aromatic N) is 1. The molecule has 0 saturated heterocycles. The molecule has 1 aromatic carbocycles. The van der Waals surface area contributed by atoms with Crippen molar-refractivity contribution in [3.63, 3.8) is 0 Å². The van der Waals surface area contributed by atoms with Crippen molar-refractivity contribution >= 4 is 33.7 Å². The monoisotopic (exact) mass is 383 g/mol. The van der Waals surface area contributed by atoms with Crippen molar-refractivity contribution in [2.24, 2.45) is 0 Å². The molecule has 23 heavy (non-hydrogen) atoms. The molecule has 0 spiro atoms. The number of nitrogens with one attached hydrogen (secondary N) is 2. The van der Waals surface area contributed by atoms with Gasteiger partial charge in [0.05, 0.1) is 6.54 Å². The molecule has 1 aromatic rings. The summed E-state index contributed by atoms with van der Waals surface area (Å²) in [5.41, 5.74) is 0.537. The summed E-state index contributed by atoms with van der Waals surface area (Å²) >= 11 is 3.31. The van der Waals surface area contributed by atoms with E-state index in [4.69, 9.17) is 0 Å². The van der Waals surface area contributed by atoms with Crippen LogP contribution in [0.2, 0.25) is 0 Å². The van der Waals surface area contributed by atoms with Crippen LogP contribution < -0.4 is 10.6 Å². The molecule has 2 N–H and O–H groups in total. The first-order valence-corrected chi connectivity index (χ1v) is 8.35. The van der Waals surface area contributed by atoms with Crippen LogP contribution in [0.15, 0.2) is 28.7 Å². The lowest BCUT2D eigenvalue weighted by atomic mass is 10.2. The Morgan fingerprint density at radius 1 is 1.09 bits per heavy atom. The van der Waals surface area contributed by atoms with Crippen LogP contribution in [0.4, 0.5) is 0 Å². The fourth-order valence-electron chi connectivity index (χ4n) is 1.95. The molecule has 0 unspecified atom stereocenters. The Hall–Kier alpha value is -1.89. The largest absolute Gasteiger partial charge is 0.355 e. The molecule has 1 rings (SSSR count). The van der Waals surface area contributed by atoms with Crippen molar-refractivity contribution in [3.05, 3.63) is 34.3 Å². The van der Waals surface area contributed by atoms with Crippen LogP contribution in [0.3, 0.4) is 0 Å². The zero-order chi connectivity index (χ0) is 17.2. The Bertz CT molecular complexity index is 546. The van der Waals surface area contributed by atoms with Crippen molar-refractivity contribution in [2.45, 2.75) is 20.3 Å². The summed E-state index contributed by atoms with van der Waals surface area (Å²) in [6, 6.07) is 6.97. The summed E-state index contributed by atoms with van der Waals surface area (Å²) in [7, 11) is 0. The summed E-state index contributed by atoms with van der Waals surface area (Å²) in [5, 5.41) is 5.36. The SMILES string of the molecule is CCNC(=O)CN(CC)C(=O)CCNC(=O)c1ccc(Br)cc1. The van der Waals surface area contributed by atoms with E-state index in [0.29, 0.717) is 18.7 Å². The molecular weight excluding hydrogens is 362 g/mol. The van der Waals surface area contributed by atoms with Crippen LogP contribution in [-0.2, 0) is 9.59 Å². The molecule has 0 aliphatic heterocycles. The lowest BCUT2D eigenvalue weighted by Gasteiger charge is -2.20. The Labute approximate surface area is 144 Å². The van der Waals surface area contributed by atoms with Gasteiger partial charge in [0.25, 0.3) is 5.91 Å². The highest BCUT2D eigenvalue weighted by atomic mass is 79.9. The Morgan fingerprint density at radius 2 is 1.74 bits per heavy atom. The molecule has 0 aromatic heterocycles. The number of halogens is 1. The van der Waals surface area contributed by atoms with Crippen LogP contribution in [0.5, 0.6) is 0 Å². The number of hydrogen-bond acceptors (Lipinski definition) is 3. The third kappa shape index (κ3) is 6.81. The number of likely N-dealkylation sites (N-methyl/N-ethyl adjacent to an activating group) is 2. The van der Waals surface area contributed by atoms with Crippen LogP contribution in [0.1, 0.15) is 30.6 Å². The van der Waals surface area contributed by atoms with Crippen LogP contribution in [0, 0.1) is 0 Å². The van der Waals surface area contributed by atoms with Crippen molar-refractivity contribution in [2.75, 3.05) is 26.2 Å². The molecule has 0 aliphatic carbocycles. The zero-order valence-electron chi connectivity index (χ0n) is 13.4. The van der Waals surface area contributed by atoms with Gasteiger partial charge in [-0.1, -0.05) is 15.9 Å². The van der Waals surface area contributed by atoms with Gasteiger partial charge in [0.2, 0.25) is 11.8 Å². The standard InChI is InChI=1S/C16H22BrN3O3/c1-3-18-14(21)11-20(4-2)15(22)9-10-19-16(23)12-5-7-13(17)8-6-12/h5-8H,3-4,9-11H2,1-2H3,(H,18,21)(H,19,23). The summed E-state index contributed by atoms with van der Waals surface area (Å²) in [5.74, 6) is -0.562. The minimum absolute atomic E-state index is 0.0455. The number of hydrogen-bond donors (Lipinski definition) is 2. The van der Waals surface area contributed by atoms with Gasteiger partial charge in [-0.05, 0) is 38.1 Å². The average molecular weight is 384 g/mol. The van der Waals surface area contributed by atoms with Crippen molar-refractivity contribution < 1.29 is 14.4 Å². The van der Waals surface area contributed by atoms with Gasteiger partial charge in [0, 0.05) is 36.1 Å². The molecule has 0 atom stereocenters. The second-order valence-corrected chi connectivity index (χ2v) is 5.79. The minimum atomic E-state index is -0.225. The highest BCUT2D eigenvalue weighted by Crippen LogP contribution is 2.10.